The SMILES string of the molecule is CCOc1ccc(NC(=O)c2cc(NC3CCS(=O)(=O)C3)ccn2)cc1. The summed E-state index contributed by atoms with van der Waals surface area (Å²) in [6.45, 7) is 2.49. The first kappa shape index (κ1) is 18.2. The number of anilines is 2. The molecule has 1 aliphatic heterocycles. The van der Waals surface area contributed by atoms with Gasteiger partial charge in [-0.2, -0.15) is 0 Å². The fourth-order valence-corrected chi connectivity index (χ4v) is 4.46. The molecule has 1 fully saturated rings. The molecule has 1 atom stereocenters. The van der Waals surface area contributed by atoms with E-state index in [0.717, 1.165) is 5.75 Å². The molecule has 2 aromatic rings. The highest BCUT2D eigenvalue weighted by Gasteiger charge is 2.27. The van der Waals surface area contributed by atoms with Crippen LogP contribution in [0.4, 0.5) is 11.4 Å². The van der Waals surface area contributed by atoms with Crippen LogP contribution in [0.3, 0.4) is 0 Å². The predicted octanol–water partition coefficient (Wildman–Crippen LogP) is 2.33. The van der Waals surface area contributed by atoms with Crippen LogP contribution in [0.15, 0.2) is 42.6 Å². The lowest BCUT2D eigenvalue weighted by Gasteiger charge is -2.13. The van der Waals surface area contributed by atoms with E-state index < -0.39 is 9.84 Å². The summed E-state index contributed by atoms with van der Waals surface area (Å²) in [5.74, 6) is 0.710. The largest absolute Gasteiger partial charge is 0.494 e. The first-order chi connectivity index (χ1) is 12.4. The molecule has 1 aromatic carbocycles. The Morgan fingerprint density at radius 1 is 1.23 bits per heavy atom. The number of hydrogen-bond acceptors (Lipinski definition) is 6. The van der Waals surface area contributed by atoms with E-state index in [4.69, 9.17) is 4.74 Å². The summed E-state index contributed by atoms with van der Waals surface area (Å²) in [7, 11) is -2.96. The predicted molar refractivity (Wildman–Crippen MR) is 100 cm³/mol. The number of rotatable bonds is 6. The van der Waals surface area contributed by atoms with Gasteiger partial charge in [0.05, 0.1) is 18.1 Å². The second kappa shape index (κ2) is 7.74. The van der Waals surface area contributed by atoms with E-state index in [-0.39, 0.29) is 29.1 Å². The van der Waals surface area contributed by atoms with Crippen molar-refractivity contribution < 1.29 is 17.9 Å². The Labute approximate surface area is 152 Å². The van der Waals surface area contributed by atoms with Crippen molar-refractivity contribution >= 4 is 27.1 Å². The van der Waals surface area contributed by atoms with Gasteiger partial charge in [-0.15, -0.1) is 0 Å². The highest BCUT2D eigenvalue weighted by Crippen LogP contribution is 2.19. The molecule has 26 heavy (non-hydrogen) atoms. The fraction of sp³-hybridized carbons (Fsp3) is 0.333. The normalized spacial score (nSPS) is 18.3. The van der Waals surface area contributed by atoms with E-state index in [1.807, 2.05) is 6.92 Å². The molecule has 0 spiro atoms. The first-order valence-electron chi connectivity index (χ1n) is 8.42. The van der Waals surface area contributed by atoms with Crippen LogP contribution >= 0.6 is 0 Å². The zero-order valence-electron chi connectivity index (χ0n) is 14.4. The van der Waals surface area contributed by atoms with Gasteiger partial charge < -0.3 is 15.4 Å². The molecule has 0 saturated carbocycles. The van der Waals surface area contributed by atoms with Gasteiger partial charge in [0.25, 0.3) is 5.91 Å². The highest BCUT2D eigenvalue weighted by atomic mass is 32.2. The van der Waals surface area contributed by atoms with Gasteiger partial charge in [0.2, 0.25) is 0 Å². The smallest absolute Gasteiger partial charge is 0.274 e. The number of pyridine rings is 1. The van der Waals surface area contributed by atoms with Crippen LogP contribution in [-0.2, 0) is 9.84 Å². The Bertz CT molecular complexity index is 882. The minimum absolute atomic E-state index is 0.114. The molecule has 138 valence electrons. The summed E-state index contributed by atoms with van der Waals surface area (Å²) < 4.78 is 28.5. The van der Waals surface area contributed by atoms with E-state index in [1.165, 1.54) is 6.20 Å². The molecule has 2 heterocycles. The number of nitrogens with zero attached hydrogens (tertiary/aromatic N) is 1. The Kier molecular flexibility index (Phi) is 5.41. The van der Waals surface area contributed by atoms with Gasteiger partial charge in [-0.1, -0.05) is 0 Å². The lowest BCUT2D eigenvalue weighted by molar-refractivity contribution is 0.102. The fourth-order valence-electron chi connectivity index (χ4n) is 2.79. The van der Waals surface area contributed by atoms with E-state index in [2.05, 4.69) is 15.6 Å². The van der Waals surface area contributed by atoms with Gasteiger partial charge in [-0.05, 0) is 49.7 Å². The van der Waals surface area contributed by atoms with Gasteiger partial charge in [-0.25, -0.2) is 8.42 Å². The van der Waals surface area contributed by atoms with Crippen LogP contribution in [0.2, 0.25) is 0 Å². The number of ether oxygens (including phenoxy) is 1. The van der Waals surface area contributed by atoms with Crippen molar-refractivity contribution in [2.75, 3.05) is 28.7 Å². The van der Waals surface area contributed by atoms with E-state index in [0.29, 0.717) is 24.4 Å². The Morgan fingerprint density at radius 3 is 2.65 bits per heavy atom. The van der Waals surface area contributed by atoms with Crippen LogP contribution in [-0.4, -0.2) is 43.5 Å². The second-order valence-electron chi connectivity index (χ2n) is 6.09. The molecule has 3 rings (SSSR count). The van der Waals surface area contributed by atoms with Crippen molar-refractivity contribution in [1.82, 2.24) is 4.98 Å². The number of nitrogens with one attached hydrogen (secondary N) is 2. The summed E-state index contributed by atoms with van der Waals surface area (Å²) in [6, 6.07) is 10.3. The maximum Gasteiger partial charge on any atom is 0.274 e. The average molecular weight is 375 g/mol. The topological polar surface area (TPSA) is 97.4 Å². The standard InChI is InChI=1S/C18H21N3O4S/c1-2-25-16-5-3-13(4-6-16)21-18(22)17-11-14(7-9-19-17)20-15-8-10-26(23,24)12-15/h3-7,9,11,15H,2,8,10,12H2,1H3,(H,19,20)(H,21,22). The van der Waals surface area contributed by atoms with Crippen LogP contribution in [0.5, 0.6) is 5.75 Å². The Balaban J connectivity index is 1.64. The zero-order valence-corrected chi connectivity index (χ0v) is 15.3. The van der Waals surface area contributed by atoms with Gasteiger partial charge in [0.1, 0.15) is 11.4 Å². The number of benzene rings is 1. The van der Waals surface area contributed by atoms with Gasteiger partial charge in [0, 0.05) is 23.6 Å². The quantitative estimate of drug-likeness (QED) is 0.804. The third-order valence-electron chi connectivity index (χ3n) is 4.02. The third kappa shape index (κ3) is 4.72. The molecule has 1 saturated heterocycles. The molecule has 0 aliphatic carbocycles. The molecule has 8 heteroatoms. The number of sulfone groups is 1. The van der Waals surface area contributed by atoms with Crippen LogP contribution in [0.1, 0.15) is 23.8 Å². The van der Waals surface area contributed by atoms with Gasteiger partial charge >= 0.3 is 0 Å². The number of carbonyl (C=O) groups excluding carboxylic acids is 1. The first-order valence-corrected chi connectivity index (χ1v) is 10.2. The Hall–Kier alpha value is -2.61. The number of hydrogen-bond donors (Lipinski definition) is 2. The Morgan fingerprint density at radius 2 is 2.00 bits per heavy atom. The number of carbonyl (C=O) groups is 1. The lowest BCUT2D eigenvalue weighted by atomic mass is 10.2. The molecule has 1 unspecified atom stereocenters. The summed E-state index contributed by atoms with van der Waals surface area (Å²) in [6.07, 6.45) is 2.09. The van der Waals surface area contributed by atoms with E-state index in [9.17, 15) is 13.2 Å². The van der Waals surface area contributed by atoms with E-state index >= 15 is 0 Å². The van der Waals surface area contributed by atoms with Crippen molar-refractivity contribution in [3.63, 3.8) is 0 Å². The average Bonchev–Trinajstić information content (AvgIpc) is 2.95. The maximum atomic E-state index is 12.4. The molecule has 2 N–H and O–H groups in total. The molecular formula is C18H21N3O4S. The number of amides is 1. The molecule has 1 aromatic heterocycles. The number of aromatic nitrogens is 1. The van der Waals surface area contributed by atoms with E-state index in [1.54, 1.807) is 36.4 Å². The van der Waals surface area contributed by atoms with Gasteiger partial charge in [-0.3, -0.25) is 9.78 Å². The third-order valence-corrected chi connectivity index (χ3v) is 5.79. The van der Waals surface area contributed by atoms with Crippen molar-refractivity contribution in [2.24, 2.45) is 0 Å². The lowest BCUT2D eigenvalue weighted by Crippen LogP contribution is -2.21. The van der Waals surface area contributed by atoms with Crippen LogP contribution in [0.25, 0.3) is 0 Å². The molecule has 1 amide bonds. The van der Waals surface area contributed by atoms with Crippen LogP contribution in [0, 0.1) is 0 Å². The van der Waals surface area contributed by atoms with Crippen molar-refractivity contribution in [3.05, 3.63) is 48.3 Å². The minimum atomic E-state index is -2.96. The summed E-state index contributed by atoms with van der Waals surface area (Å²) in [5.41, 5.74) is 1.57. The molecular weight excluding hydrogens is 354 g/mol. The molecule has 0 radical (unpaired) electrons. The molecule has 0 bridgehead atoms. The minimum Gasteiger partial charge on any atom is -0.494 e. The monoisotopic (exact) mass is 375 g/mol. The highest BCUT2D eigenvalue weighted by molar-refractivity contribution is 7.91. The summed E-state index contributed by atoms with van der Waals surface area (Å²) >= 11 is 0. The summed E-state index contributed by atoms with van der Waals surface area (Å²) in [4.78, 5) is 16.5. The second-order valence-corrected chi connectivity index (χ2v) is 8.31. The maximum absolute atomic E-state index is 12.4. The summed E-state index contributed by atoms with van der Waals surface area (Å²) in [5, 5.41) is 5.94. The molecule has 7 nitrogen and oxygen atoms in total. The van der Waals surface area contributed by atoms with Crippen molar-refractivity contribution in [2.45, 2.75) is 19.4 Å². The van der Waals surface area contributed by atoms with Crippen molar-refractivity contribution in [1.29, 1.82) is 0 Å². The van der Waals surface area contributed by atoms with Crippen molar-refractivity contribution in [3.8, 4) is 5.75 Å². The van der Waals surface area contributed by atoms with Crippen LogP contribution < -0.4 is 15.4 Å². The van der Waals surface area contributed by atoms with Gasteiger partial charge in [0.15, 0.2) is 9.84 Å². The molecule has 1 aliphatic rings. The zero-order chi connectivity index (χ0) is 18.6.